The third kappa shape index (κ3) is 3.34. The summed E-state index contributed by atoms with van der Waals surface area (Å²) in [6.07, 6.45) is 0.197. The molecule has 1 aliphatic rings. The number of carbonyl (C=O) groups is 2. The maximum atomic E-state index is 12.6. The summed E-state index contributed by atoms with van der Waals surface area (Å²) in [5.41, 5.74) is 0.541. The Balaban J connectivity index is 2.02. The third-order valence-electron chi connectivity index (χ3n) is 3.78. The van der Waals surface area contributed by atoms with Crippen LogP contribution in [0.2, 0.25) is 0 Å². The summed E-state index contributed by atoms with van der Waals surface area (Å²) in [6.45, 7) is 0. The quantitative estimate of drug-likeness (QED) is 0.825. The van der Waals surface area contributed by atoms with Gasteiger partial charge in [-0.15, -0.1) is 0 Å². The number of ether oxygens (including phenoxy) is 1. The van der Waals surface area contributed by atoms with Crippen LogP contribution >= 0.6 is 0 Å². The summed E-state index contributed by atoms with van der Waals surface area (Å²) in [5, 5.41) is 0. The van der Waals surface area contributed by atoms with Crippen molar-refractivity contribution in [2.45, 2.75) is 17.7 Å². The van der Waals surface area contributed by atoms with Gasteiger partial charge in [0.05, 0.1) is 17.7 Å². The van der Waals surface area contributed by atoms with Crippen molar-refractivity contribution < 1.29 is 22.7 Å². The average molecular weight is 360 g/mol. The first kappa shape index (κ1) is 17.0. The van der Waals surface area contributed by atoms with Crippen LogP contribution in [0.4, 0.5) is 11.4 Å². The van der Waals surface area contributed by atoms with E-state index in [2.05, 4.69) is 4.72 Å². The summed E-state index contributed by atoms with van der Waals surface area (Å²) >= 11 is 0. The number of nitrogens with zero attached hydrogens (tertiary/aromatic N) is 1. The molecule has 0 unspecified atom stereocenters. The van der Waals surface area contributed by atoms with Gasteiger partial charge in [0.1, 0.15) is 5.75 Å². The average Bonchev–Trinajstić information content (AvgIpc) is 2.93. The van der Waals surface area contributed by atoms with Crippen LogP contribution in [-0.4, -0.2) is 27.3 Å². The van der Waals surface area contributed by atoms with Crippen molar-refractivity contribution in [3.8, 4) is 5.75 Å². The smallest absolute Gasteiger partial charge is 0.261 e. The molecule has 1 N–H and O–H groups in total. The molecule has 7 nitrogen and oxygen atoms in total. The maximum absolute atomic E-state index is 12.6. The van der Waals surface area contributed by atoms with Crippen molar-refractivity contribution in [2.75, 3.05) is 16.7 Å². The number of para-hydroxylation sites is 1. The Morgan fingerprint density at radius 3 is 2.24 bits per heavy atom. The molecule has 3 rings (SSSR count). The topological polar surface area (TPSA) is 92.8 Å². The Bertz CT molecular complexity index is 909. The van der Waals surface area contributed by atoms with Crippen LogP contribution < -0.4 is 14.4 Å². The zero-order chi connectivity index (χ0) is 18.0. The van der Waals surface area contributed by atoms with E-state index < -0.39 is 10.0 Å². The second-order valence-electron chi connectivity index (χ2n) is 5.43. The molecule has 2 amide bonds. The zero-order valence-electron chi connectivity index (χ0n) is 13.4. The molecule has 0 bridgehead atoms. The number of hydrogen-bond donors (Lipinski definition) is 1. The fourth-order valence-electron chi connectivity index (χ4n) is 2.58. The van der Waals surface area contributed by atoms with Crippen LogP contribution in [-0.2, 0) is 19.6 Å². The van der Waals surface area contributed by atoms with Gasteiger partial charge in [-0.1, -0.05) is 18.2 Å². The fourth-order valence-corrected chi connectivity index (χ4v) is 3.66. The number of hydrogen-bond acceptors (Lipinski definition) is 5. The maximum Gasteiger partial charge on any atom is 0.261 e. The Morgan fingerprint density at radius 2 is 1.64 bits per heavy atom. The van der Waals surface area contributed by atoms with E-state index in [1.54, 1.807) is 30.3 Å². The van der Waals surface area contributed by atoms with Gasteiger partial charge in [-0.3, -0.25) is 14.3 Å². The second kappa shape index (κ2) is 6.56. The van der Waals surface area contributed by atoms with Crippen LogP contribution in [0.1, 0.15) is 12.8 Å². The number of imide groups is 1. The molecule has 130 valence electrons. The molecular formula is C17H16N2O5S. The van der Waals surface area contributed by atoms with E-state index in [1.165, 1.54) is 25.3 Å². The van der Waals surface area contributed by atoms with E-state index >= 15 is 0 Å². The standard InChI is InChI=1S/C17H16N2O5S/c1-24-15-8-7-13(11-14(15)19-16(20)9-10-17(19)21)25(22,23)18-12-5-3-2-4-6-12/h2-8,11,18H,9-10H2,1H3. The highest BCUT2D eigenvalue weighted by atomic mass is 32.2. The molecule has 0 aliphatic carbocycles. The number of sulfonamides is 1. The second-order valence-corrected chi connectivity index (χ2v) is 7.11. The van der Waals surface area contributed by atoms with Gasteiger partial charge >= 0.3 is 0 Å². The molecular weight excluding hydrogens is 344 g/mol. The summed E-state index contributed by atoms with van der Waals surface area (Å²) in [4.78, 5) is 24.9. The predicted molar refractivity (Wildman–Crippen MR) is 92.0 cm³/mol. The van der Waals surface area contributed by atoms with Gasteiger partial charge in [0.2, 0.25) is 11.8 Å². The van der Waals surface area contributed by atoms with Gasteiger partial charge in [0.15, 0.2) is 0 Å². The monoisotopic (exact) mass is 360 g/mol. The number of benzene rings is 2. The molecule has 0 atom stereocenters. The molecule has 0 aromatic heterocycles. The van der Waals surface area contributed by atoms with E-state index in [4.69, 9.17) is 4.74 Å². The molecule has 0 radical (unpaired) electrons. The Labute approximate surface area is 145 Å². The first-order valence-electron chi connectivity index (χ1n) is 7.54. The van der Waals surface area contributed by atoms with E-state index in [0.29, 0.717) is 5.69 Å². The Hall–Kier alpha value is -2.87. The Kier molecular flexibility index (Phi) is 4.45. The molecule has 1 aliphatic heterocycles. The minimum absolute atomic E-state index is 0.0698. The minimum Gasteiger partial charge on any atom is -0.495 e. The van der Waals surface area contributed by atoms with Gasteiger partial charge in [-0.25, -0.2) is 13.3 Å². The summed E-state index contributed by atoms with van der Waals surface area (Å²) in [5.74, 6) is -0.509. The Morgan fingerprint density at radius 1 is 1.00 bits per heavy atom. The number of methoxy groups -OCH3 is 1. The lowest BCUT2D eigenvalue weighted by Crippen LogP contribution is -2.29. The molecule has 25 heavy (non-hydrogen) atoms. The molecule has 1 fully saturated rings. The SMILES string of the molecule is COc1ccc(S(=O)(=O)Nc2ccccc2)cc1N1C(=O)CCC1=O. The van der Waals surface area contributed by atoms with Crippen LogP contribution in [0.15, 0.2) is 53.4 Å². The highest BCUT2D eigenvalue weighted by Gasteiger charge is 2.33. The number of nitrogens with one attached hydrogen (secondary N) is 1. The highest BCUT2D eigenvalue weighted by Crippen LogP contribution is 2.34. The normalized spacial score (nSPS) is 14.7. The summed E-state index contributed by atoms with van der Waals surface area (Å²) in [7, 11) is -2.49. The van der Waals surface area contributed by atoms with E-state index in [0.717, 1.165) is 4.90 Å². The van der Waals surface area contributed by atoms with Crippen LogP contribution in [0.25, 0.3) is 0 Å². The number of anilines is 2. The van der Waals surface area contributed by atoms with Gasteiger partial charge in [-0.05, 0) is 30.3 Å². The highest BCUT2D eigenvalue weighted by molar-refractivity contribution is 7.92. The molecule has 0 spiro atoms. The third-order valence-corrected chi connectivity index (χ3v) is 5.16. The minimum atomic E-state index is -3.88. The molecule has 8 heteroatoms. The first-order valence-corrected chi connectivity index (χ1v) is 9.02. The summed E-state index contributed by atoms with van der Waals surface area (Å²) < 4.78 is 32.8. The zero-order valence-corrected chi connectivity index (χ0v) is 14.2. The van der Waals surface area contributed by atoms with Crippen LogP contribution in [0.3, 0.4) is 0 Å². The van der Waals surface area contributed by atoms with Crippen LogP contribution in [0.5, 0.6) is 5.75 Å². The summed E-state index contributed by atoms with van der Waals surface area (Å²) in [6, 6.07) is 12.5. The molecule has 2 aromatic rings. The van der Waals surface area contributed by atoms with E-state index in [1.807, 2.05) is 0 Å². The van der Waals surface area contributed by atoms with Crippen molar-refractivity contribution in [1.82, 2.24) is 0 Å². The van der Waals surface area contributed by atoms with E-state index in [-0.39, 0.29) is 41.0 Å². The number of carbonyl (C=O) groups excluding carboxylic acids is 2. The van der Waals surface area contributed by atoms with Crippen molar-refractivity contribution in [3.05, 3.63) is 48.5 Å². The molecule has 2 aromatic carbocycles. The van der Waals surface area contributed by atoms with Crippen molar-refractivity contribution in [3.63, 3.8) is 0 Å². The van der Waals surface area contributed by atoms with Crippen LogP contribution in [0, 0.1) is 0 Å². The number of amides is 2. The van der Waals surface area contributed by atoms with Crippen molar-refractivity contribution >= 4 is 33.2 Å². The lowest BCUT2D eigenvalue weighted by atomic mass is 10.2. The molecule has 1 heterocycles. The van der Waals surface area contributed by atoms with Gasteiger partial charge < -0.3 is 4.74 Å². The van der Waals surface area contributed by atoms with Gasteiger partial charge in [0, 0.05) is 18.5 Å². The lowest BCUT2D eigenvalue weighted by Gasteiger charge is -2.18. The first-order chi connectivity index (χ1) is 11.9. The largest absolute Gasteiger partial charge is 0.495 e. The predicted octanol–water partition coefficient (Wildman–Crippen LogP) is 2.15. The van der Waals surface area contributed by atoms with Crippen molar-refractivity contribution in [2.24, 2.45) is 0 Å². The van der Waals surface area contributed by atoms with Gasteiger partial charge in [-0.2, -0.15) is 0 Å². The van der Waals surface area contributed by atoms with Gasteiger partial charge in [0.25, 0.3) is 10.0 Å². The molecule has 1 saturated heterocycles. The van der Waals surface area contributed by atoms with Crippen molar-refractivity contribution in [1.29, 1.82) is 0 Å². The fraction of sp³-hybridized carbons (Fsp3) is 0.176. The number of rotatable bonds is 5. The lowest BCUT2D eigenvalue weighted by molar-refractivity contribution is -0.121. The molecule has 0 saturated carbocycles. The van der Waals surface area contributed by atoms with E-state index in [9.17, 15) is 18.0 Å².